The van der Waals surface area contributed by atoms with Gasteiger partial charge in [-0.2, -0.15) is 0 Å². The first-order valence-electron chi connectivity index (χ1n) is 7.61. The summed E-state index contributed by atoms with van der Waals surface area (Å²) in [6, 6.07) is 3.23. The van der Waals surface area contributed by atoms with Crippen molar-refractivity contribution in [3.8, 4) is 5.75 Å². The minimum absolute atomic E-state index is 0.0221. The molecule has 2 atom stereocenters. The summed E-state index contributed by atoms with van der Waals surface area (Å²) >= 11 is 6.12. The van der Waals surface area contributed by atoms with E-state index in [0.717, 1.165) is 25.1 Å². The van der Waals surface area contributed by atoms with E-state index in [0.29, 0.717) is 27.9 Å². The summed E-state index contributed by atoms with van der Waals surface area (Å²) in [5, 5.41) is 3.42. The van der Waals surface area contributed by atoms with Crippen molar-refractivity contribution in [1.29, 1.82) is 0 Å². The van der Waals surface area contributed by atoms with Crippen LogP contribution in [0.5, 0.6) is 5.75 Å². The first-order chi connectivity index (χ1) is 11.0. The Kier molecular flexibility index (Phi) is 3.30. The van der Waals surface area contributed by atoms with Gasteiger partial charge in [-0.3, -0.25) is 14.6 Å². The average Bonchev–Trinajstić information content (AvgIpc) is 2.56. The van der Waals surface area contributed by atoms with Crippen molar-refractivity contribution >= 4 is 34.8 Å². The van der Waals surface area contributed by atoms with Crippen molar-refractivity contribution in [2.45, 2.75) is 18.9 Å². The van der Waals surface area contributed by atoms with Crippen LogP contribution in [0.25, 0.3) is 0 Å². The first kappa shape index (κ1) is 14.5. The smallest absolute Gasteiger partial charge is 0.264 e. The van der Waals surface area contributed by atoms with Crippen LogP contribution in [0, 0.1) is 5.92 Å². The Morgan fingerprint density at radius 3 is 3.00 bits per heavy atom. The molecule has 2 bridgehead atoms. The van der Waals surface area contributed by atoms with E-state index in [1.165, 1.54) is 4.90 Å². The second kappa shape index (κ2) is 5.23. The molecule has 0 aromatic heterocycles. The number of likely N-dealkylation sites (N-methyl/N-ethyl adjacent to an activating group) is 1. The Labute approximate surface area is 138 Å². The number of benzene rings is 1. The third-order valence-corrected chi connectivity index (χ3v) is 4.98. The SMILES string of the molecule is CN1C(=O)COc2c(C(=O)NC3C4=NCCC3C4)cc(Cl)cc21. The Morgan fingerprint density at radius 1 is 1.48 bits per heavy atom. The third kappa shape index (κ3) is 2.28. The number of nitrogens with zero attached hydrogens (tertiary/aromatic N) is 2. The van der Waals surface area contributed by atoms with Gasteiger partial charge in [-0.25, -0.2) is 0 Å². The first-order valence-corrected chi connectivity index (χ1v) is 7.99. The summed E-state index contributed by atoms with van der Waals surface area (Å²) in [6.45, 7) is 0.777. The number of nitrogens with one attached hydrogen (secondary N) is 1. The number of carbonyl (C=O) groups is 2. The normalized spacial score (nSPS) is 25.0. The topological polar surface area (TPSA) is 71.0 Å². The largest absolute Gasteiger partial charge is 0.481 e. The fourth-order valence-electron chi connectivity index (χ4n) is 3.36. The highest BCUT2D eigenvalue weighted by Gasteiger charge is 2.41. The number of aliphatic imine (C=N–C) groups is 1. The van der Waals surface area contributed by atoms with Gasteiger partial charge >= 0.3 is 0 Å². The molecule has 23 heavy (non-hydrogen) atoms. The van der Waals surface area contributed by atoms with Gasteiger partial charge in [-0.05, 0) is 30.9 Å². The van der Waals surface area contributed by atoms with E-state index < -0.39 is 0 Å². The standard InChI is InChI=1S/C16H16ClN3O3/c1-20-12-6-9(17)5-10(15(12)23-7-13(20)21)16(22)19-14-8-2-3-18-11(14)4-8/h5-6,8,14H,2-4,7H2,1H3,(H,19,22). The van der Waals surface area contributed by atoms with Crippen molar-refractivity contribution in [2.24, 2.45) is 10.9 Å². The number of hydrogen-bond acceptors (Lipinski definition) is 4. The molecule has 1 fully saturated rings. The fourth-order valence-corrected chi connectivity index (χ4v) is 3.58. The lowest BCUT2D eigenvalue weighted by Crippen LogP contribution is -2.56. The molecule has 0 radical (unpaired) electrons. The van der Waals surface area contributed by atoms with Crippen molar-refractivity contribution in [2.75, 3.05) is 25.1 Å². The van der Waals surface area contributed by atoms with Crippen LogP contribution in [0.1, 0.15) is 23.2 Å². The molecule has 1 saturated carbocycles. The van der Waals surface area contributed by atoms with E-state index in [4.69, 9.17) is 16.3 Å². The highest BCUT2D eigenvalue weighted by Crippen LogP contribution is 2.38. The monoisotopic (exact) mass is 333 g/mol. The predicted octanol–water partition coefficient (Wildman–Crippen LogP) is 1.66. The Balaban J connectivity index is 1.65. The zero-order chi connectivity index (χ0) is 16.1. The number of ether oxygens (including phenoxy) is 1. The molecule has 0 saturated heterocycles. The lowest BCUT2D eigenvalue weighted by molar-refractivity contribution is -0.121. The maximum Gasteiger partial charge on any atom is 0.264 e. The molecule has 2 amide bonds. The van der Waals surface area contributed by atoms with Gasteiger partial charge in [0, 0.05) is 24.3 Å². The van der Waals surface area contributed by atoms with Crippen molar-refractivity contribution in [3.63, 3.8) is 0 Å². The number of amides is 2. The molecule has 7 heteroatoms. The van der Waals surface area contributed by atoms with Crippen LogP contribution in [-0.4, -0.2) is 43.8 Å². The number of hydrogen-bond donors (Lipinski definition) is 1. The highest BCUT2D eigenvalue weighted by atomic mass is 35.5. The van der Waals surface area contributed by atoms with Gasteiger partial charge in [0.15, 0.2) is 12.4 Å². The van der Waals surface area contributed by atoms with Gasteiger partial charge in [0.25, 0.3) is 11.8 Å². The molecular weight excluding hydrogens is 318 g/mol. The maximum atomic E-state index is 12.7. The van der Waals surface area contributed by atoms with Crippen LogP contribution in [0.2, 0.25) is 5.02 Å². The molecule has 1 aliphatic carbocycles. The van der Waals surface area contributed by atoms with E-state index in [2.05, 4.69) is 10.3 Å². The zero-order valence-electron chi connectivity index (χ0n) is 12.6. The molecular formula is C16H16ClN3O3. The van der Waals surface area contributed by atoms with Gasteiger partial charge in [0.1, 0.15) is 0 Å². The van der Waals surface area contributed by atoms with E-state index in [-0.39, 0.29) is 24.5 Å². The second-order valence-corrected chi connectivity index (χ2v) is 6.56. The minimum Gasteiger partial charge on any atom is -0.481 e. The summed E-state index contributed by atoms with van der Waals surface area (Å²) in [7, 11) is 1.65. The Bertz CT molecular complexity index is 746. The molecule has 2 aliphatic heterocycles. The van der Waals surface area contributed by atoms with Gasteiger partial charge in [-0.1, -0.05) is 11.6 Å². The van der Waals surface area contributed by atoms with Crippen molar-refractivity contribution < 1.29 is 14.3 Å². The lowest BCUT2D eigenvalue weighted by Gasteiger charge is -2.42. The molecule has 4 rings (SSSR count). The summed E-state index contributed by atoms with van der Waals surface area (Å²) in [5.74, 6) is 0.469. The second-order valence-electron chi connectivity index (χ2n) is 6.12. The summed E-state index contributed by atoms with van der Waals surface area (Å²) in [5.41, 5.74) is 1.95. The summed E-state index contributed by atoms with van der Waals surface area (Å²) < 4.78 is 5.50. The molecule has 1 aromatic carbocycles. The van der Waals surface area contributed by atoms with Crippen LogP contribution in [0.4, 0.5) is 5.69 Å². The molecule has 2 heterocycles. The summed E-state index contributed by atoms with van der Waals surface area (Å²) in [6.07, 6.45) is 1.99. The number of rotatable bonds is 2. The Morgan fingerprint density at radius 2 is 2.30 bits per heavy atom. The van der Waals surface area contributed by atoms with Crippen LogP contribution in [0.15, 0.2) is 17.1 Å². The Hall–Kier alpha value is -2.08. The van der Waals surface area contributed by atoms with Gasteiger partial charge in [0.05, 0.1) is 17.3 Å². The van der Waals surface area contributed by atoms with Crippen LogP contribution >= 0.6 is 11.6 Å². The fraction of sp³-hybridized carbons (Fsp3) is 0.438. The number of carbonyl (C=O) groups excluding carboxylic acids is 2. The van der Waals surface area contributed by atoms with Crippen molar-refractivity contribution in [1.82, 2.24) is 5.32 Å². The zero-order valence-corrected chi connectivity index (χ0v) is 13.4. The van der Waals surface area contributed by atoms with Crippen LogP contribution < -0.4 is 15.0 Å². The molecule has 0 spiro atoms. The molecule has 6 nitrogen and oxygen atoms in total. The minimum atomic E-state index is -0.240. The number of fused-ring (bicyclic) bond motifs is 3. The van der Waals surface area contributed by atoms with E-state index in [1.807, 2.05) is 0 Å². The molecule has 1 N–H and O–H groups in total. The molecule has 120 valence electrons. The van der Waals surface area contributed by atoms with Gasteiger partial charge in [-0.15, -0.1) is 0 Å². The maximum absolute atomic E-state index is 12.7. The average molecular weight is 334 g/mol. The van der Waals surface area contributed by atoms with E-state index >= 15 is 0 Å². The molecule has 2 unspecified atom stereocenters. The molecule has 3 aliphatic rings. The lowest BCUT2D eigenvalue weighted by atomic mass is 9.73. The van der Waals surface area contributed by atoms with E-state index in [9.17, 15) is 9.59 Å². The third-order valence-electron chi connectivity index (χ3n) is 4.76. The number of anilines is 1. The van der Waals surface area contributed by atoms with Gasteiger partial charge < -0.3 is 15.0 Å². The summed E-state index contributed by atoms with van der Waals surface area (Å²) in [4.78, 5) is 30.3. The van der Waals surface area contributed by atoms with Gasteiger partial charge in [0.2, 0.25) is 0 Å². The van der Waals surface area contributed by atoms with Crippen LogP contribution in [-0.2, 0) is 4.79 Å². The predicted molar refractivity (Wildman–Crippen MR) is 86.6 cm³/mol. The molecule has 1 aromatic rings. The highest BCUT2D eigenvalue weighted by molar-refractivity contribution is 6.31. The van der Waals surface area contributed by atoms with Crippen molar-refractivity contribution in [3.05, 3.63) is 22.7 Å². The number of halogens is 1. The van der Waals surface area contributed by atoms with E-state index in [1.54, 1.807) is 19.2 Å². The van der Waals surface area contributed by atoms with Crippen LogP contribution in [0.3, 0.4) is 0 Å². The quantitative estimate of drug-likeness (QED) is 0.894.